The number of rotatable bonds is 2. The molecule has 0 aliphatic heterocycles. The number of benzene rings is 2. The van der Waals surface area contributed by atoms with Gasteiger partial charge >= 0.3 is 0 Å². The molecule has 106 valence electrons. The number of aromatic nitrogens is 1. The largest absolute Gasteiger partial charge is 0.497 e. The average Bonchev–Trinajstić information content (AvgIpc) is 2.51. The molecule has 0 spiro atoms. The maximum atomic E-state index is 12.5. The maximum Gasteiger partial charge on any atom is 0.270 e. The molecule has 3 rings (SSSR count). The Labute approximate surface area is 119 Å². The Kier molecular flexibility index (Phi) is 2.86. The van der Waals surface area contributed by atoms with Crippen LogP contribution in [0.1, 0.15) is 0 Å². The Hall–Kier alpha value is -2.89. The van der Waals surface area contributed by atoms with Crippen LogP contribution in [0.4, 0.5) is 5.69 Å². The van der Waals surface area contributed by atoms with Crippen LogP contribution in [0, 0.1) is 10.1 Å². The molecule has 0 unspecified atom stereocenters. The van der Waals surface area contributed by atoms with Crippen molar-refractivity contribution in [3.8, 4) is 5.75 Å². The van der Waals surface area contributed by atoms with E-state index in [4.69, 9.17) is 4.74 Å². The third-order valence-electron chi connectivity index (χ3n) is 3.61. The smallest absolute Gasteiger partial charge is 0.270 e. The molecule has 0 aliphatic rings. The van der Waals surface area contributed by atoms with Gasteiger partial charge in [0.2, 0.25) is 0 Å². The molecule has 21 heavy (non-hydrogen) atoms. The summed E-state index contributed by atoms with van der Waals surface area (Å²) in [6.45, 7) is 0. The SMILES string of the molecule is COc1ccc2c(=O)c3cc([N+](=O)[O-])ccc3n(C)c2c1. The molecule has 1 aromatic heterocycles. The van der Waals surface area contributed by atoms with Crippen LogP contribution < -0.4 is 10.2 Å². The molecule has 0 saturated carbocycles. The number of hydrogen-bond donors (Lipinski definition) is 0. The van der Waals surface area contributed by atoms with Gasteiger partial charge < -0.3 is 9.30 Å². The number of nitrogens with zero attached hydrogens (tertiary/aromatic N) is 2. The lowest BCUT2D eigenvalue weighted by Gasteiger charge is -2.11. The van der Waals surface area contributed by atoms with Gasteiger partial charge in [-0.25, -0.2) is 0 Å². The van der Waals surface area contributed by atoms with E-state index in [0.717, 1.165) is 5.52 Å². The Bertz CT molecular complexity index is 944. The minimum Gasteiger partial charge on any atom is -0.497 e. The van der Waals surface area contributed by atoms with Crippen molar-refractivity contribution in [2.45, 2.75) is 0 Å². The van der Waals surface area contributed by atoms with Crippen molar-refractivity contribution in [2.24, 2.45) is 7.05 Å². The Balaban J connectivity index is 2.49. The number of pyridine rings is 1. The average molecular weight is 284 g/mol. The lowest BCUT2D eigenvalue weighted by atomic mass is 10.1. The fourth-order valence-corrected chi connectivity index (χ4v) is 2.49. The van der Waals surface area contributed by atoms with E-state index in [1.165, 1.54) is 12.1 Å². The van der Waals surface area contributed by atoms with Gasteiger partial charge in [0.25, 0.3) is 5.69 Å². The predicted octanol–water partition coefficient (Wildman–Crippen LogP) is 2.61. The lowest BCUT2D eigenvalue weighted by Crippen LogP contribution is -2.09. The molecule has 0 amide bonds. The Morgan fingerprint density at radius 2 is 1.86 bits per heavy atom. The van der Waals surface area contributed by atoms with Crippen LogP contribution in [0.25, 0.3) is 21.8 Å². The second-order valence-corrected chi connectivity index (χ2v) is 4.73. The van der Waals surface area contributed by atoms with Crippen LogP contribution in [0.15, 0.2) is 41.2 Å². The number of nitro benzene ring substituents is 1. The molecule has 1 heterocycles. The third-order valence-corrected chi connectivity index (χ3v) is 3.61. The van der Waals surface area contributed by atoms with E-state index in [9.17, 15) is 14.9 Å². The summed E-state index contributed by atoms with van der Waals surface area (Å²) in [6, 6.07) is 9.46. The van der Waals surface area contributed by atoms with Crippen molar-refractivity contribution in [1.82, 2.24) is 4.57 Å². The van der Waals surface area contributed by atoms with Crippen molar-refractivity contribution < 1.29 is 9.66 Å². The second-order valence-electron chi connectivity index (χ2n) is 4.73. The minimum atomic E-state index is -0.503. The zero-order valence-corrected chi connectivity index (χ0v) is 11.5. The van der Waals surface area contributed by atoms with Crippen molar-refractivity contribution in [3.63, 3.8) is 0 Å². The van der Waals surface area contributed by atoms with Gasteiger partial charge in [-0.2, -0.15) is 0 Å². The monoisotopic (exact) mass is 284 g/mol. The molecule has 6 heteroatoms. The van der Waals surface area contributed by atoms with Gasteiger partial charge in [0.05, 0.1) is 28.5 Å². The number of aryl methyl sites for hydroxylation is 1. The predicted molar refractivity (Wildman–Crippen MR) is 79.9 cm³/mol. The first kappa shape index (κ1) is 13.1. The zero-order chi connectivity index (χ0) is 15.1. The maximum absolute atomic E-state index is 12.5. The van der Waals surface area contributed by atoms with Crippen LogP contribution in [-0.2, 0) is 7.05 Å². The first-order valence-corrected chi connectivity index (χ1v) is 6.28. The zero-order valence-electron chi connectivity index (χ0n) is 11.5. The van der Waals surface area contributed by atoms with Gasteiger partial charge in [0, 0.05) is 30.6 Å². The molecule has 2 aromatic carbocycles. The second kappa shape index (κ2) is 4.59. The molecule has 0 aliphatic carbocycles. The van der Waals surface area contributed by atoms with Crippen LogP contribution >= 0.6 is 0 Å². The summed E-state index contributed by atoms with van der Waals surface area (Å²) in [6.07, 6.45) is 0. The molecule has 0 N–H and O–H groups in total. The minimum absolute atomic E-state index is 0.0903. The quantitative estimate of drug-likeness (QED) is 0.412. The van der Waals surface area contributed by atoms with Gasteiger partial charge in [0.15, 0.2) is 5.43 Å². The molecule has 0 bridgehead atoms. The summed E-state index contributed by atoms with van der Waals surface area (Å²) in [4.78, 5) is 22.9. The molecule has 0 fully saturated rings. The van der Waals surface area contributed by atoms with Gasteiger partial charge in [0.1, 0.15) is 5.75 Å². The molecular formula is C15H12N2O4. The molecule has 0 atom stereocenters. The van der Waals surface area contributed by atoms with E-state index in [0.29, 0.717) is 22.0 Å². The highest BCUT2D eigenvalue weighted by Crippen LogP contribution is 2.24. The van der Waals surface area contributed by atoms with E-state index >= 15 is 0 Å². The van der Waals surface area contributed by atoms with E-state index in [1.54, 1.807) is 31.4 Å². The third kappa shape index (κ3) is 1.92. The molecule has 0 radical (unpaired) electrons. The molecule has 0 saturated heterocycles. The summed E-state index contributed by atoms with van der Waals surface area (Å²) in [7, 11) is 3.37. The van der Waals surface area contributed by atoms with Crippen LogP contribution in [0.5, 0.6) is 5.75 Å². The van der Waals surface area contributed by atoms with Gasteiger partial charge in [-0.15, -0.1) is 0 Å². The first-order valence-electron chi connectivity index (χ1n) is 6.28. The topological polar surface area (TPSA) is 74.4 Å². The number of non-ortho nitro benzene ring substituents is 1. The van der Waals surface area contributed by atoms with Gasteiger partial charge in [-0.1, -0.05) is 0 Å². The summed E-state index contributed by atoms with van der Waals surface area (Å²) in [5.41, 5.74) is 1.06. The molecule has 3 aromatic rings. The Morgan fingerprint density at radius 1 is 1.10 bits per heavy atom. The standard InChI is InChI=1S/C15H12N2O4/c1-16-13-6-3-9(17(19)20)7-12(13)15(18)11-5-4-10(21-2)8-14(11)16/h3-8H,1-2H3. The lowest BCUT2D eigenvalue weighted by molar-refractivity contribution is -0.384. The summed E-state index contributed by atoms with van der Waals surface area (Å²) in [5, 5.41) is 11.7. The van der Waals surface area contributed by atoms with E-state index in [-0.39, 0.29) is 11.1 Å². The van der Waals surface area contributed by atoms with Gasteiger partial charge in [-0.3, -0.25) is 14.9 Å². The molecule has 6 nitrogen and oxygen atoms in total. The summed E-state index contributed by atoms with van der Waals surface area (Å²) < 4.78 is 7.01. The van der Waals surface area contributed by atoms with E-state index in [2.05, 4.69) is 0 Å². The number of ether oxygens (including phenoxy) is 1. The number of nitro groups is 1. The summed E-state index contributed by atoms with van der Waals surface area (Å²) >= 11 is 0. The van der Waals surface area contributed by atoms with Gasteiger partial charge in [-0.05, 0) is 18.2 Å². The number of fused-ring (bicyclic) bond motifs is 2. The van der Waals surface area contributed by atoms with Crippen LogP contribution in [0.3, 0.4) is 0 Å². The fourth-order valence-electron chi connectivity index (χ4n) is 2.49. The summed E-state index contributed by atoms with van der Waals surface area (Å²) in [5.74, 6) is 0.652. The number of hydrogen-bond acceptors (Lipinski definition) is 4. The van der Waals surface area contributed by atoms with Crippen molar-refractivity contribution in [2.75, 3.05) is 7.11 Å². The highest BCUT2D eigenvalue weighted by Gasteiger charge is 2.13. The number of methoxy groups -OCH3 is 1. The van der Waals surface area contributed by atoms with Crippen molar-refractivity contribution in [1.29, 1.82) is 0 Å². The molecular weight excluding hydrogens is 272 g/mol. The Morgan fingerprint density at radius 3 is 2.52 bits per heavy atom. The first-order chi connectivity index (χ1) is 10.0. The van der Waals surface area contributed by atoms with Crippen LogP contribution in [0.2, 0.25) is 0 Å². The fraction of sp³-hybridized carbons (Fsp3) is 0.133. The normalized spacial score (nSPS) is 11.0. The van der Waals surface area contributed by atoms with Crippen molar-refractivity contribution >= 4 is 27.5 Å². The highest BCUT2D eigenvalue weighted by molar-refractivity contribution is 5.94. The van der Waals surface area contributed by atoms with E-state index < -0.39 is 4.92 Å². The van der Waals surface area contributed by atoms with Crippen LogP contribution in [-0.4, -0.2) is 16.6 Å². The highest BCUT2D eigenvalue weighted by atomic mass is 16.6. The van der Waals surface area contributed by atoms with E-state index in [1.807, 2.05) is 11.6 Å². The van der Waals surface area contributed by atoms with Crippen molar-refractivity contribution in [3.05, 3.63) is 56.7 Å².